The van der Waals surface area contributed by atoms with Crippen LogP contribution in [0.5, 0.6) is 0 Å². The van der Waals surface area contributed by atoms with Crippen molar-refractivity contribution in [1.29, 1.82) is 0 Å². The summed E-state index contributed by atoms with van der Waals surface area (Å²) >= 11 is 0. The first-order valence-corrected chi connectivity index (χ1v) is 16.4. The van der Waals surface area contributed by atoms with Crippen LogP contribution in [0, 0.1) is 11.8 Å². The number of amides is 3. The number of hydrogen-bond donors (Lipinski definition) is 2. The van der Waals surface area contributed by atoms with Gasteiger partial charge in [-0.3, -0.25) is 19.2 Å². The monoisotopic (exact) mass is 623 g/mol. The van der Waals surface area contributed by atoms with Gasteiger partial charge in [0.1, 0.15) is 18.2 Å². The Hall–Kier alpha value is -3.50. The minimum Gasteiger partial charge on any atom is -0.463 e. The van der Waals surface area contributed by atoms with Crippen LogP contribution in [0.4, 0.5) is 0 Å². The minimum absolute atomic E-state index is 0.0558. The molecule has 1 aromatic carbocycles. The average Bonchev–Trinajstić information content (AvgIpc) is 3.69. The lowest BCUT2D eigenvalue weighted by atomic mass is 9.70. The molecular weight excluding hydrogens is 574 g/mol. The van der Waals surface area contributed by atoms with Crippen molar-refractivity contribution >= 4 is 23.7 Å². The number of fused-ring (bicyclic) bond motifs is 1. The molecule has 4 rings (SSSR count). The van der Waals surface area contributed by atoms with E-state index in [9.17, 15) is 24.3 Å². The topological polar surface area (TPSA) is 125 Å². The molecule has 1 spiro atoms. The zero-order valence-electron chi connectivity index (χ0n) is 26.5. The predicted octanol–water partition coefficient (Wildman–Crippen LogP) is 3.71. The Morgan fingerprint density at radius 3 is 2.64 bits per heavy atom. The second kappa shape index (κ2) is 16.2. The number of hydrogen-bond acceptors (Lipinski definition) is 7. The van der Waals surface area contributed by atoms with Gasteiger partial charge in [0.15, 0.2) is 0 Å². The van der Waals surface area contributed by atoms with E-state index in [1.165, 1.54) is 0 Å². The predicted molar refractivity (Wildman–Crippen MR) is 170 cm³/mol. The number of allylic oxidation sites excluding steroid dienone is 1. The van der Waals surface area contributed by atoms with E-state index in [1.807, 2.05) is 30.3 Å². The first-order chi connectivity index (χ1) is 21.8. The first-order valence-electron chi connectivity index (χ1n) is 16.4. The third-order valence-corrected chi connectivity index (χ3v) is 9.32. The molecule has 3 amide bonds. The van der Waals surface area contributed by atoms with Crippen LogP contribution >= 0.6 is 0 Å². The zero-order valence-corrected chi connectivity index (χ0v) is 26.5. The smallest absolute Gasteiger partial charge is 0.306 e. The van der Waals surface area contributed by atoms with Crippen molar-refractivity contribution in [2.75, 3.05) is 32.8 Å². The van der Waals surface area contributed by atoms with E-state index >= 15 is 0 Å². The maximum absolute atomic E-state index is 14.3. The Morgan fingerprint density at radius 1 is 1.18 bits per heavy atom. The molecule has 0 radical (unpaired) electrons. The lowest BCUT2D eigenvalue weighted by Crippen LogP contribution is -2.56. The second-order valence-corrected chi connectivity index (χ2v) is 12.3. The van der Waals surface area contributed by atoms with E-state index in [0.717, 1.165) is 18.4 Å². The summed E-state index contributed by atoms with van der Waals surface area (Å²) in [5, 5.41) is 12.4. The van der Waals surface area contributed by atoms with Crippen LogP contribution in [0.25, 0.3) is 0 Å². The molecule has 2 N–H and O–H groups in total. The maximum atomic E-state index is 14.3. The van der Waals surface area contributed by atoms with Gasteiger partial charge in [0, 0.05) is 32.7 Å². The Kier molecular flexibility index (Phi) is 12.4. The number of likely N-dealkylation sites (tertiary alicyclic amines) is 1. The van der Waals surface area contributed by atoms with E-state index in [4.69, 9.17) is 9.47 Å². The molecule has 3 aliphatic heterocycles. The van der Waals surface area contributed by atoms with Crippen LogP contribution in [0.3, 0.4) is 0 Å². The number of ether oxygens (including phenoxy) is 2. The molecular formula is C35H49N3O7. The highest BCUT2D eigenvalue weighted by molar-refractivity contribution is 5.99. The number of unbranched alkanes of at least 4 members (excludes halogenated alkanes) is 3. The number of carbonyl (C=O) groups is 4. The molecule has 0 aromatic heterocycles. The Balaban J connectivity index is 1.61. The first kappa shape index (κ1) is 34.4. The maximum Gasteiger partial charge on any atom is 0.306 e. The largest absolute Gasteiger partial charge is 0.463 e. The van der Waals surface area contributed by atoms with E-state index in [0.29, 0.717) is 58.2 Å². The molecule has 3 heterocycles. The normalized spacial score (nSPS) is 25.5. The number of benzene rings is 1. The quantitative estimate of drug-likeness (QED) is 0.137. The van der Waals surface area contributed by atoms with E-state index in [2.05, 4.69) is 25.4 Å². The fourth-order valence-corrected chi connectivity index (χ4v) is 7.16. The number of nitrogens with one attached hydrogen (secondary N) is 1. The zero-order chi connectivity index (χ0) is 32.4. The highest BCUT2D eigenvalue weighted by Crippen LogP contribution is 2.58. The number of esters is 1. The van der Waals surface area contributed by atoms with Crippen molar-refractivity contribution in [3.8, 4) is 0 Å². The van der Waals surface area contributed by atoms with Crippen molar-refractivity contribution in [2.24, 2.45) is 11.8 Å². The molecule has 246 valence electrons. The lowest BCUT2D eigenvalue weighted by molar-refractivity contribution is -0.148. The van der Waals surface area contributed by atoms with Crippen LogP contribution < -0.4 is 5.32 Å². The number of nitrogens with zero attached hydrogens (tertiary/aromatic N) is 2. The van der Waals surface area contributed by atoms with Crippen molar-refractivity contribution in [2.45, 2.75) is 88.5 Å². The van der Waals surface area contributed by atoms with Gasteiger partial charge in [-0.2, -0.15) is 0 Å². The molecule has 45 heavy (non-hydrogen) atoms. The molecule has 1 aromatic rings. The van der Waals surface area contributed by atoms with Gasteiger partial charge in [0.2, 0.25) is 17.7 Å². The van der Waals surface area contributed by atoms with Gasteiger partial charge >= 0.3 is 5.97 Å². The third-order valence-electron chi connectivity index (χ3n) is 9.32. The van der Waals surface area contributed by atoms with E-state index in [1.54, 1.807) is 22.0 Å². The van der Waals surface area contributed by atoms with Crippen LogP contribution in [0.15, 0.2) is 55.6 Å². The van der Waals surface area contributed by atoms with Crippen molar-refractivity contribution < 1.29 is 33.8 Å². The average molecular weight is 624 g/mol. The molecule has 10 nitrogen and oxygen atoms in total. The summed E-state index contributed by atoms with van der Waals surface area (Å²) in [7, 11) is 0. The Morgan fingerprint density at radius 2 is 1.96 bits per heavy atom. The Labute approximate surface area is 266 Å². The summed E-state index contributed by atoms with van der Waals surface area (Å²) in [4.78, 5) is 58.4. The molecule has 3 aliphatic rings. The van der Waals surface area contributed by atoms with Crippen LogP contribution in [-0.4, -0.2) is 89.2 Å². The van der Waals surface area contributed by atoms with E-state index in [-0.39, 0.29) is 43.3 Å². The molecule has 0 saturated carbocycles. The van der Waals surface area contributed by atoms with Crippen LogP contribution in [0.1, 0.15) is 76.3 Å². The fraction of sp³-hybridized carbons (Fsp3) is 0.600. The summed E-state index contributed by atoms with van der Waals surface area (Å²) in [6.07, 6.45) is 8.29. The lowest BCUT2D eigenvalue weighted by Gasteiger charge is -2.37. The summed E-state index contributed by atoms with van der Waals surface area (Å²) < 4.78 is 12.1. The SMILES string of the molecule is C=CCCC(=O)OC[C@H](NC(=O)[C@@H]1[C@H]2C(=O)N(CCCCCO)[C@H](C(=O)N(CC=C)CCCC)[C@]23CC[C@H]1O3)c1ccccc1. The number of aliphatic hydroxyl groups is 1. The second-order valence-electron chi connectivity index (χ2n) is 12.3. The highest BCUT2D eigenvalue weighted by Gasteiger charge is 2.74. The summed E-state index contributed by atoms with van der Waals surface area (Å²) in [5.41, 5.74) is -0.323. The van der Waals surface area contributed by atoms with Crippen LogP contribution in [0.2, 0.25) is 0 Å². The van der Waals surface area contributed by atoms with Crippen molar-refractivity contribution in [3.05, 3.63) is 61.2 Å². The van der Waals surface area contributed by atoms with Crippen LogP contribution in [-0.2, 0) is 28.7 Å². The minimum atomic E-state index is -1.09. The molecule has 0 unspecified atom stereocenters. The molecule has 3 fully saturated rings. The summed E-state index contributed by atoms with van der Waals surface area (Å²) in [6, 6.07) is 7.82. The van der Waals surface area contributed by atoms with E-state index < -0.39 is 35.6 Å². The van der Waals surface area contributed by atoms with Gasteiger partial charge in [-0.05, 0) is 50.5 Å². The summed E-state index contributed by atoms with van der Waals surface area (Å²) in [6.45, 7) is 10.8. The van der Waals surface area contributed by atoms with Gasteiger partial charge in [0.25, 0.3) is 0 Å². The number of rotatable bonds is 19. The van der Waals surface area contributed by atoms with Crippen molar-refractivity contribution in [3.63, 3.8) is 0 Å². The molecule has 2 bridgehead atoms. The van der Waals surface area contributed by atoms with Gasteiger partial charge in [-0.25, -0.2) is 0 Å². The molecule has 0 aliphatic carbocycles. The number of carbonyl (C=O) groups excluding carboxylic acids is 4. The molecule has 10 heteroatoms. The van der Waals surface area contributed by atoms with Gasteiger partial charge in [0.05, 0.1) is 24.0 Å². The van der Waals surface area contributed by atoms with Crippen molar-refractivity contribution in [1.82, 2.24) is 15.1 Å². The summed E-state index contributed by atoms with van der Waals surface area (Å²) in [5.74, 6) is -2.72. The standard InChI is InChI=1S/C35H49N3O7/c1-4-7-17-28(40)44-24-26(25-15-11-9-12-16-25)36-32(41)29-27-18-19-35(45-27)30(29)33(42)38(22-13-10-14-23-39)31(35)34(43)37(20-6-3)21-8-5-2/h4,6,9,11-12,15-16,26-27,29-31,39H,1,3,5,7-8,10,13-14,17-24H2,2H3,(H,36,41)/t26-,27+,29-,30-,31+,35-/m0/s1. The third kappa shape index (κ3) is 7.49. The van der Waals surface area contributed by atoms with Gasteiger partial charge in [-0.1, -0.05) is 55.8 Å². The molecule has 6 atom stereocenters. The number of aliphatic hydroxyl groups excluding tert-OH is 1. The Bertz CT molecular complexity index is 1210. The fourth-order valence-electron chi connectivity index (χ4n) is 7.16. The highest BCUT2D eigenvalue weighted by atomic mass is 16.5. The molecule has 3 saturated heterocycles. The van der Waals surface area contributed by atoms with Gasteiger partial charge < -0.3 is 29.7 Å². The van der Waals surface area contributed by atoms with Gasteiger partial charge in [-0.15, -0.1) is 13.2 Å².